The molecular formula is C10H6N2O2SW3Y-2. The number of rotatable bonds is 1. The maximum atomic E-state index is 11.1. The van der Waals surface area contributed by atoms with Crippen LogP contribution in [0, 0.1) is 13.8 Å². The van der Waals surface area contributed by atoms with Crippen molar-refractivity contribution in [2.45, 2.75) is 6.92 Å². The number of aryl methyl sites for hydroxylation is 1. The van der Waals surface area contributed by atoms with Crippen molar-refractivity contribution in [3.63, 3.8) is 0 Å². The van der Waals surface area contributed by atoms with E-state index >= 15 is 0 Å². The topological polar surface area (TPSA) is 57.2 Å². The van der Waals surface area contributed by atoms with Crippen LogP contribution >= 0.6 is 11.3 Å². The zero-order valence-corrected chi connectivity index (χ0v) is 22.2. The summed E-state index contributed by atoms with van der Waals surface area (Å²) in [5, 5.41) is 7.71. The van der Waals surface area contributed by atoms with E-state index in [1.54, 1.807) is 11.3 Å². The molecule has 0 N–H and O–H groups in total. The van der Waals surface area contributed by atoms with E-state index in [1.807, 2.05) is 13.0 Å². The van der Waals surface area contributed by atoms with Gasteiger partial charge in [0.25, 0.3) is 0 Å². The zero-order valence-electron chi connectivity index (χ0n) is 9.71. The van der Waals surface area contributed by atoms with Gasteiger partial charge in [-0.25, -0.2) is 0 Å². The predicted octanol–water partition coefficient (Wildman–Crippen LogP) is 2.31. The molecule has 0 aliphatic heterocycles. The third-order valence-electron chi connectivity index (χ3n) is 2.19. The van der Waals surface area contributed by atoms with E-state index in [-0.39, 0.29) is 107 Å². The number of carbonyl (C=O) groups is 1. The Morgan fingerprint density at radius 3 is 2.63 bits per heavy atom. The Hall–Kier alpha value is 1.42. The minimum atomic E-state index is -0.365. The van der Waals surface area contributed by atoms with Crippen LogP contribution in [0.25, 0.3) is 21.4 Å². The van der Waals surface area contributed by atoms with Crippen LogP contribution in [0.4, 0.5) is 0 Å². The van der Waals surface area contributed by atoms with Crippen LogP contribution in [-0.4, -0.2) is 10.9 Å². The largest absolute Gasteiger partial charge is 0.591 e. The molecule has 3 heterocycles. The van der Waals surface area contributed by atoms with Gasteiger partial charge in [-0.2, -0.15) is 6.92 Å². The third kappa shape index (κ3) is 3.99. The van der Waals surface area contributed by atoms with Crippen molar-refractivity contribution in [3.05, 3.63) is 23.6 Å². The van der Waals surface area contributed by atoms with Crippen molar-refractivity contribution < 1.29 is 105 Å². The molecule has 3 rings (SSSR count). The maximum absolute atomic E-state index is 11.1. The summed E-state index contributed by atoms with van der Waals surface area (Å²) in [6.07, 6.45) is 0. The molecule has 3 aromatic heterocycles. The molecule has 0 saturated carbocycles. The molecule has 0 aliphatic carbocycles. The fourth-order valence-electron chi connectivity index (χ4n) is 1.57. The molecule has 1 radical (unpaired) electrons. The summed E-state index contributed by atoms with van der Waals surface area (Å²) in [6.45, 7) is 5.30. The number of ketones is 1. The third-order valence-corrected chi connectivity index (χ3v) is 3.23. The molecule has 0 atom stereocenters. The molecule has 0 amide bonds. The molecule has 3 aromatic rings. The number of thiophene rings is 1. The fourth-order valence-corrected chi connectivity index (χ4v) is 2.49. The van der Waals surface area contributed by atoms with Gasteiger partial charge in [-0.05, 0) is 18.7 Å². The van der Waals surface area contributed by atoms with Crippen LogP contribution in [0.2, 0.25) is 0 Å². The van der Waals surface area contributed by atoms with E-state index in [4.69, 9.17) is 4.42 Å². The van der Waals surface area contributed by atoms with E-state index in [2.05, 4.69) is 17.1 Å². The second-order valence-electron chi connectivity index (χ2n) is 3.30. The van der Waals surface area contributed by atoms with Crippen LogP contribution in [-0.2, 0) is 95.9 Å². The Morgan fingerprint density at radius 2 is 2.05 bits per heavy atom. The molecule has 4 nitrogen and oxygen atoms in total. The molecule has 0 bridgehead atoms. The van der Waals surface area contributed by atoms with Gasteiger partial charge in [0, 0.05) is 107 Å². The molecule has 19 heavy (non-hydrogen) atoms. The van der Waals surface area contributed by atoms with E-state index in [0.717, 1.165) is 15.2 Å². The molecule has 0 spiro atoms. The van der Waals surface area contributed by atoms with Crippen LogP contribution in [0.1, 0.15) is 15.4 Å². The number of nitrogens with zero attached hydrogens (tertiary/aromatic N) is 2. The van der Waals surface area contributed by atoms with Crippen molar-refractivity contribution in [1.29, 1.82) is 0 Å². The Labute approximate surface area is 181 Å². The first kappa shape index (κ1) is 22.7. The summed E-state index contributed by atoms with van der Waals surface area (Å²) >= 11 is 1.59. The first-order valence-corrected chi connectivity index (χ1v) is 5.17. The van der Waals surface area contributed by atoms with Gasteiger partial charge < -0.3 is 19.4 Å². The van der Waals surface area contributed by atoms with Gasteiger partial charge in [0.1, 0.15) is 5.58 Å². The molecule has 9 heteroatoms. The summed E-state index contributed by atoms with van der Waals surface area (Å²) in [5.41, 5.74) is 2.09. The number of aromatic nitrogens is 2. The monoisotopic (exact) mass is 859 g/mol. The zero-order chi connectivity index (χ0) is 10.6. The number of Topliss-reactive ketones (excluding diaryl/α,β-unsaturated/α-hetero) is 1. The Bertz CT molecular complexity index is 691. The summed E-state index contributed by atoms with van der Waals surface area (Å²) in [5.74, 6) is -0.365. The minimum Gasteiger partial charge on any atom is -0.591 e. The molecule has 0 unspecified atom stereocenters. The van der Waals surface area contributed by atoms with Crippen molar-refractivity contribution in [2.75, 3.05) is 0 Å². The molecular weight excluding hydrogens is 853 g/mol. The fraction of sp³-hybridized carbons (Fsp3) is 0.100. The van der Waals surface area contributed by atoms with E-state index < -0.39 is 0 Å². The van der Waals surface area contributed by atoms with E-state index in [0.29, 0.717) is 11.1 Å². The Kier molecular flexibility index (Phi) is 10.5. The van der Waals surface area contributed by atoms with Crippen LogP contribution < -0.4 is 5.10 Å². The standard InChI is InChI=1S/C10H7N2O2S.3W.Y/c1-4-3-6-10(15-4)8-9(14-6)7(5(2)13)11-12-8;;;;/h3H,2H2,1H3,(H,11,12,13);;;;/q-1;;;;/p-1. The Morgan fingerprint density at radius 1 is 1.42 bits per heavy atom. The number of hydrogen-bond donors (Lipinski definition) is 0. The van der Waals surface area contributed by atoms with Crippen molar-refractivity contribution in [3.8, 4) is 0 Å². The van der Waals surface area contributed by atoms with Gasteiger partial charge in [-0.1, -0.05) is 5.52 Å². The predicted molar refractivity (Wildman–Crippen MR) is 57.1 cm³/mol. The Balaban J connectivity index is 0. The average Bonchev–Trinajstić information content (AvgIpc) is 2.73. The van der Waals surface area contributed by atoms with Crippen LogP contribution in [0.3, 0.4) is 0 Å². The van der Waals surface area contributed by atoms with Gasteiger partial charge in [0.2, 0.25) is 0 Å². The second-order valence-corrected chi connectivity index (χ2v) is 4.56. The quantitative estimate of drug-likeness (QED) is 0.279. The molecule has 0 saturated heterocycles. The smallest absolute Gasteiger partial charge is 0.142 e. The van der Waals surface area contributed by atoms with Crippen molar-refractivity contribution >= 4 is 38.5 Å². The summed E-state index contributed by atoms with van der Waals surface area (Å²) in [6, 6.07) is 1.93. The van der Waals surface area contributed by atoms with Gasteiger partial charge in [0.15, 0.2) is 0 Å². The number of carbonyl (C=O) groups excluding carboxylic acids is 1. The van der Waals surface area contributed by atoms with E-state index in [1.165, 1.54) is 0 Å². The van der Waals surface area contributed by atoms with Crippen molar-refractivity contribution in [1.82, 2.24) is 10.2 Å². The molecule has 0 fully saturated rings. The first-order valence-electron chi connectivity index (χ1n) is 4.35. The number of furan rings is 1. The molecule has 0 aliphatic rings. The SMILES string of the molecule is [CH2-]C(=O)c1n[n-]c2c1oc1cc(C)sc12.[W].[W].[W].[Y]. The summed E-state index contributed by atoms with van der Waals surface area (Å²) in [4.78, 5) is 12.3. The minimum absolute atomic E-state index is 0. The van der Waals surface area contributed by atoms with Gasteiger partial charge in [-0.3, -0.25) is 0 Å². The van der Waals surface area contributed by atoms with Gasteiger partial charge in [-0.15, -0.1) is 11.3 Å². The average molecular weight is 859 g/mol. The maximum Gasteiger partial charge on any atom is 0.142 e. The number of hydrogen-bond acceptors (Lipinski definition) is 4. The second kappa shape index (κ2) is 8.76. The molecule has 0 aromatic carbocycles. The number of fused-ring (bicyclic) bond motifs is 3. The first-order chi connectivity index (χ1) is 7.16. The van der Waals surface area contributed by atoms with Gasteiger partial charge >= 0.3 is 0 Å². The summed E-state index contributed by atoms with van der Waals surface area (Å²) in [7, 11) is 0. The van der Waals surface area contributed by atoms with Crippen molar-refractivity contribution in [2.24, 2.45) is 0 Å². The van der Waals surface area contributed by atoms with Crippen LogP contribution in [0.5, 0.6) is 0 Å². The summed E-state index contributed by atoms with van der Waals surface area (Å²) < 4.78 is 6.48. The van der Waals surface area contributed by atoms with Crippen LogP contribution in [0.15, 0.2) is 10.5 Å². The normalized spacial score (nSPS) is 9.11. The van der Waals surface area contributed by atoms with Gasteiger partial charge in [0.05, 0.1) is 10.3 Å². The van der Waals surface area contributed by atoms with E-state index in [9.17, 15) is 4.79 Å². The molecule has 97 valence electrons.